The number of nitrogens with one attached hydrogen (secondary N) is 1. The maximum Gasteiger partial charge on any atom is 0.259 e. The van der Waals surface area contributed by atoms with Crippen LogP contribution in [-0.2, 0) is 0 Å². The van der Waals surface area contributed by atoms with Crippen LogP contribution >= 0.6 is 11.6 Å². The van der Waals surface area contributed by atoms with Crippen LogP contribution in [0.5, 0.6) is 11.5 Å². The Kier molecular flexibility index (Phi) is 5.04. The van der Waals surface area contributed by atoms with Gasteiger partial charge in [0.05, 0.1) is 10.6 Å². The Balaban J connectivity index is 1.69. The van der Waals surface area contributed by atoms with Crippen molar-refractivity contribution in [2.45, 2.75) is 6.92 Å². The Hall–Kier alpha value is -3.12. The number of carbonyl (C=O) groups excluding carboxylic acids is 1. The summed E-state index contributed by atoms with van der Waals surface area (Å²) in [4.78, 5) is 16.3. The van der Waals surface area contributed by atoms with E-state index in [-0.39, 0.29) is 16.7 Å². The van der Waals surface area contributed by atoms with E-state index in [4.69, 9.17) is 22.1 Å². The van der Waals surface area contributed by atoms with Gasteiger partial charge < -0.3 is 15.8 Å². The molecule has 0 saturated heterocycles. The summed E-state index contributed by atoms with van der Waals surface area (Å²) in [6.07, 6.45) is 0. The van der Waals surface area contributed by atoms with Crippen molar-refractivity contribution in [3.8, 4) is 11.5 Å². The third kappa shape index (κ3) is 4.10. The Labute approximate surface area is 154 Å². The SMILES string of the molecule is Cc1ccc(C(=O)Nc2ccc(Oc3ccc(F)c(Cl)c3)cc2)c(N)n1. The van der Waals surface area contributed by atoms with Crippen LogP contribution < -0.4 is 15.8 Å². The van der Waals surface area contributed by atoms with Gasteiger partial charge in [0.1, 0.15) is 23.1 Å². The van der Waals surface area contributed by atoms with Gasteiger partial charge in [0.25, 0.3) is 5.91 Å². The summed E-state index contributed by atoms with van der Waals surface area (Å²) in [7, 11) is 0. The molecule has 1 amide bonds. The van der Waals surface area contributed by atoms with Crippen LogP contribution in [0.3, 0.4) is 0 Å². The minimum atomic E-state index is -0.512. The van der Waals surface area contributed by atoms with Crippen molar-refractivity contribution in [1.29, 1.82) is 0 Å². The molecule has 0 atom stereocenters. The highest BCUT2D eigenvalue weighted by molar-refractivity contribution is 6.30. The fourth-order valence-corrected chi connectivity index (χ4v) is 2.42. The summed E-state index contributed by atoms with van der Waals surface area (Å²) < 4.78 is 18.8. The molecule has 0 radical (unpaired) electrons. The number of aryl methyl sites for hydroxylation is 1. The number of ether oxygens (including phenoxy) is 1. The molecule has 0 aliphatic carbocycles. The van der Waals surface area contributed by atoms with Crippen LogP contribution in [0.2, 0.25) is 5.02 Å². The van der Waals surface area contributed by atoms with Crippen LogP contribution in [0.15, 0.2) is 54.6 Å². The van der Waals surface area contributed by atoms with E-state index in [1.54, 1.807) is 43.3 Å². The average Bonchev–Trinajstić information content (AvgIpc) is 2.60. The van der Waals surface area contributed by atoms with Gasteiger partial charge in [-0.1, -0.05) is 11.6 Å². The highest BCUT2D eigenvalue weighted by atomic mass is 35.5. The number of anilines is 2. The van der Waals surface area contributed by atoms with Gasteiger partial charge in [-0.25, -0.2) is 9.37 Å². The molecule has 2 aromatic carbocycles. The van der Waals surface area contributed by atoms with Crippen molar-refractivity contribution in [2.75, 3.05) is 11.1 Å². The van der Waals surface area contributed by atoms with Gasteiger partial charge in [0, 0.05) is 17.4 Å². The van der Waals surface area contributed by atoms with E-state index in [9.17, 15) is 9.18 Å². The zero-order valence-electron chi connectivity index (χ0n) is 13.8. The first kappa shape index (κ1) is 17.7. The molecule has 132 valence electrons. The fourth-order valence-electron chi connectivity index (χ4n) is 2.25. The predicted molar refractivity (Wildman–Crippen MR) is 99.3 cm³/mol. The lowest BCUT2D eigenvalue weighted by Gasteiger charge is -2.09. The van der Waals surface area contributed by atoms with Gasteiger partial charge in [0.15, 0.2) is 0 Å². The zero-order valence-corrected chi connectivity index (χ0v) is 14.5. The molecule has 0 unspecified atom stereocenters. The van der Waals surface area contributed by atoms with Gasteiger partial charge in [-0.2, -0.15) is 0 Å². The minimum Gasteiger partial charge on any atom is -0.457 e. The molecule has 26 heavy (non-hydrogen) atoms. The van der Waals surface area contributed by atoms with E-state index < -0.39 is 5.82 Å². The number of amides is 1. The summed E-state index contributed by atoms with van der Waals surface area (Å²) in [6.45, 7) is 1.80. The number of benzene rings is 2. The standard InChI is InChI=1S/C19H15ClFN3O2/c1-11-2-8-15(18(22)23-11)19(25)24-12-3-5-13(6-4-12)26-14-7-9-17(21)16(20)10-14/h2-10H,1H3,(H2,22,23)(H,24,25). The molecule has 0 aliphatic heterocycles. The van der Waals surface area contributed by atoms with Crippen molar-refractivity contribution in [1.82, 2.24) is 4.98 Å². The molecule has 0 spiro atoms. The third-order valence-corrected chi connectivity index (χ3v) is 3.84. The molecule has 3 rings (SSSR count). The van der Waals surface area contributed by atoms with Gasteiger partial charge in [-0.15, -0.1) is 0 Å². The number of nitrogen functional groups attached to an aromatic ring is 1. The molecule has 3 aromatic rings. The van der Waals surface area contributed by atoms with Crippen molar-refractivity contribution in [3.63, 3.8) is 0 Å². The molecule has 0 fully saturated rings. The molecule has 1 aromatic heterocycles. The van der Waals surface area contributed by atoms with Crippen molar-refractivity contribution in [2.24, 2.45) is 0 Å². The van der Waals surface area contributed by atoms with Crippen LogP contribution in [-0.4, -0.2) is 10.9 Å². The van der Waals surface area contributed by atoms with Crippen molar-refractivity contribution < 1.29 is 13.9 Å². The second-order valence-electron chi connectivity index (χ2n) is 5.54. The van der Waals surface area contributed by atoms with Gasteiger partial charge in [-0.3, -0.25) is 4.79 Å². The molecular formula is C19H15ClFN3O2. The Morgan fingerprint density at radius 3 is 2.46 bits per heavy atom. The number of nitrogens with two attached hydrogens (primary N) is 1. The van der Waals surface area contributed by atoms with E-state index in [1.165, 1.54) is 18.2 Å². The second-order valence-corrected chi connectivity index (χ2v) is 5.95. The van der Waals surface area contributed by atoms with Crippen LogP contribution in [0.25, 0.3) is 0 Å². The predicted octanol–water partition coefficient (Wildman–Crippen LogP) is 4.81. The number of carbonyl (C=O) groups is 1. The normalized spacial score (nSPS) is 10.4. The van der Waals surface area contributed by atoms with Crippen molar-refractivity contribution >= 4 is 29.0 Å². The Morgan fingerprint density at radius 2 is 1.81 bits per heavy atom. The van der Waals surface area contributed by atoms with Crippen molar-refractivity contribution in [3.05, 3.63) is 76.7 Å². The molecule has 5 nitrogen and oxygen atoms in total. The first-order valence-corrected chi connectivity index (χ1v) is 8.07. The van der Waals surface area contributed by atoms with E-state index in [1.807, 2.05) is 0 Å². The molecule has 1 heterocycles. The summed E-state index contributed by atoms with van der Waals surface area (Å²) in [5, 5.41) is 2.72. The maximum absolute atomic E-state index is 13.2. The number of hydrogen-bond donors (Lipinski definition) is 2. The zero-order chi connectivity index (χ0) is 18.7. The fraction of sp³-hybridized carbons (Fsp3) is 0.0526. The monoisotopic (exact) mass is 371 g/mol. The highest BCUT2D eigenvalue weighted by Gasteiger charge is 2.11. The largest absolute Gasteiger partial charge is 0.457 e. The molecular weight excluding hydrogens is 357 g/mol. The quantitative estimate of drug-likeness (QED) is 0.690. The lowest BCUT2D eigenvalue weighted by molar-refractivity contribution is 0.102. The molecule has 3 N–H and O–H groups in total. The van der Waals surface area contributed by atoms with Crippen LogP contribution in [0.1, 0.15) is 16.1 Å². The number of pyridine rings is 1. The maximum atomic E-state index is 13.2. The van der Waals surface area contributed by atoms with Crippen LogP contribution in [0.4, 0.5) is 15.9 Å². The lowest BCUT2D eigenvalue weighted by Crippen LogP contribution is -2.15. The van der Waals surface area contributed by atoms with Crippen LogP contribution in [0, 0.1) is 12.7 Å². The summed E-state index contributed by atoms with van der Waals surface area (Å²) in [5.74, 6) is 0.237. The minimum absolute atomic E-state index is 0.0179. The lowest BCUT2D eigenvalue weighted by atomic mass is 10.2. The molecule has 0 aliphatic rings. The topological polar surface area (TPSA) is 77.2 Å². The Bertz CT molecular complexity index is 961. The number of hydrogen-bond acceptors (Lipinski definition) is 4. The smallest absolute Gasteiger partial charge is 0.259 e. The molecule has 7 heteroatoms. The second kappa shape index (κ2) is 7.41. The first-order chi connectivity index (χ1) is 12.4. The van der Waals surface area contributed by atoms with Gasteiger partial charge in [-0.05, 0) is 55.5 Å². The first-order valence-electron chi connectivity index (χ1n) is 7.70. The van der Waals surface area contributed by atoms with E-state index in [0.29, 0.717) is 22.7 Å². The molecule has 0 bridgehead atoms. The summed E-state index contributed by atoms with van der Waals surface area (Å²) >= 11 is 5.73. The average molecular weight is 372 g/mol. The van der Waals surface area contributed by atoms with Gasteiger partial charge in [0.2, 0.25) is 0 Å². The van der Waals surface area contributed by atoms with E-state index >= 15 is 0 Å². The summed E-state index contributed by atoms with van der Waals surface area (Å²) in [5.41, 5.74) is 7.39. The number of rotatable bonds is 4. The Morgan fingerprint density at radius 1 is 1.12 bits per heavy atom. The van der Waals surface area contributed by atoms with E-state index in [2.05, 4.69) is 10.3 Å². The van der Waals surface area contributed by atoms with E-state index in [0.717, 1.165) is 5.69 Å². The number of aromatic nitrogens is 1. The third-order valence-electron chi connectivity index (χ3n) is 3.55. The highest BCUT2D eigenvalue weighted by Crippen LogP contribution is 2.27. The number of nitrogens with zero attached hydrogens (tertiary/aromatic N) is 1. The number of halogens is 2. The molecule has 0 saturated carbocycles. The summed E-state index contributed by atoms with van der Waals surface area (Å²) in [6, 6.07) is 14.1. The van der Waals surface area contributed by atoms with Gasteiger partial charge >= 0.3 is 0 Å².